The van der Waals surface area contributed by atoms with Crippen molar-refractivity contribution in [2.24, 2.45) is 0 Å². The van der Waals surface area contributed by atoms with Crippen LogP contribution in [0.3, 0.4) is 0 Å². The van der Waals surface area contributed by atoms with Crippen LogP contribution in [-0.4, -0.2) is 46.3 Å². The third-order valence-corrected chi connectivity index (χ3v) is 8.65. The fraction of sp³-hybridized carbons (Fsp3) is 0.212. The molecule has 1 N–H and O–H groups in total. The quantitative estimate of drug-likeness (QED) is 0.249. The topological polar surface area (TPSA) is 113 Å². The average Bonchev–Trinajstić information content (AvgIpc) is 3.66. The molecule has 4 aromatic heterocycles. The van der Waals surface area contributed by atoms with Crippen LogP contribution in [0.1, 0.15) is 53.3 Å². The molecule has 0 radical (unpaired) electrons. The summed E-state index contributed by atoms with van der Waals surface area (Å²) in [5.41, 5.74) is 2.79. The van der Waals surface area contributed by atoms with Crippen molar-refractivity contribution in [1.82, 2.24) is 34.7 Å². The first kappa shape index (κ1) is 27.1. The van der Waals surface area contributed by atoms with Gasteiger partial charge in [-0.05, 0) is 80.8 Å². The van der Waals surface area contributed by atoms with E-state index in [1.54, 1.807) is 33.9 Å². The van der Waals surface area contributed by atoms with Gasteiger partial charge in [0.05, 0.1) is 23.5 Å². The average molecular weight is 605 g/mol. The number of hydrogen-bond acceptors (Lipinski definition) is 7. The Kier molecular flexibility index (Phi) is 6.19. The molecule has 45 heavy (non-hydrogen) atoms. The number of nitrogens with one attached hydrogen (secondary N) is 1. The number of carbonyl (C=O) groups is 1. The zero-order valence-corrected chi connectivity index (χ0v) is 24.1. The van der Waals surface area contributed by atoms with Gasteiger partial charge < -0.3 is 10.1 Å². The summed E-state index contributed by atoms with van der Waals surface area (Å²) in [4.78, 5) is 22.1. The van der Waals surface area contributed by atoms with Crippen molar-refractivity contribution < 1.29 is 18.3 Å². The van der Waals surface area contributed by atoms with Gasteiger partial charge in [-0.1, -0.05) is 11.3 Å². The largest absolute Gasteiger partial charge is 0.487 e. The van der Waals surface area contributed by atoms with Crippen LogP contribution in [0.15, 0.2) is 79.3 Å². The summed E-state index contributed by atoms with van der Waals surface area (Å²) in [5, 5.41) is 16.7. The van der Waals surface area contributed by atoms with Crippen LogP contribution in [0, 0.1) is 18.6 Å². The number of anilines is 1. The van der Waals surface area contributed by atoms with Gasteiger partial charge in [-0.25, -0.2) is 23.4 Å². The molecule has 1 amide bonds. The molecule has 0 saturated heterocycles. The Morgan fingerprint density at radius 2 is 1.96 bits per heavy atom. The normalized spacial score (nSPS) is 16.6. The minimum Gasteiger partial charge on any atom is -0.487 e. The summed E-state index contributed by atoms with van der Waals surface area (Å²) in [7, 11) is 0. The van der Waals surface area contributed by atoms with Crippen molar-refractivity contribution in [1.29, 1.82) is 0 Å². The van der Waals surface area contributed by atoms with Gasteiger partial charge in [-0.2, -0.15) is 9.78 Å². The number of aromatic nitrogens is 7. The lowest BCUT2D eigenvalue weighted by Crippen LogP contribution is -2.48. The summed E-state index contributed by atoms with van der Waals surface area (Å²) in [6.07, 6.45) is 8.29. The van der Waals surface area contributed by atoms with Gasteiger partial charge in [0.25, 0.3) is 5.91 Å². The van der Waals surface area contributed by atoms with E-state index in [0.717, 1.165) is 19.3 Å². The first-order valence-electron chi connectivity index (χ1n) is 14.6. The monoisotopic (exact) mass is 604 g/mol. The third kappa shape index (κ3) is 4.69. The number of aryl methyl sites for hydroxylation is 1. The third-order valence-electron chi connectivity index (χ3n) is 8.65. The smallest absolute Gasteiger partial charge is 0.257 e. The molecule has 0 unspecified atom stereocenters. The van der Waals surface area contributed by atoms with E-state index in [1.165, 1.54) is 36.5 Å². The second-order valence-corrected chi connectivity index (χ2v) is 11.6. The lowest BCUT2D eigenvalue weighted by molar-refractivity contribution is -0.0379. The Labute approximate surface area is 255 Å². The van der Waals surface area contributed by atoms with Gasteiger partial charge in [-0.15, -0.1) is 5.10 Å². The van der Waals surface area contributed by atoms with E-state index in [0.29, 0.717) is 51.5 Å². The Morgan fingerprint density at radius 3 is 2.76 bits per heavy atom. The molecule has 1 aliphatic heterocycles. The summed E-state index contributed by atoms with van der Waals surface area (Å²) >= 11 is 0. The van der Waals surface area contributed by atoms with Crippen molar-refractivity contribution in [2.45, 2.75) is 44.2 Å². The Balaban J connectivity index is 1.06. The van der Waals surface area contributed by atoms with Gasteiger partial charge in [0.1, 0.15) is 28.7 Å². The summed E-state index contributed by atoms with van der Waals surface area (Å²) < 4.78 is 38.9. The lowest BCUT2D eigenvalue weighted by Gasteiger charge is -2.47. The predicted octanol–water partition coefficient (Wildman–Crippen LogP) is 6.21. The first-order chi connectivity index (χ1) is 21.9. The van der Waals surface area contributed by atoms with Crippen LogP contribution in [0.2, 0.25) is 0 Å². The molecule has 2 aliphatic rings. The fourth-order valence-corrected chi connectivity index (χ4v) is 6.19. The first-order valence-corrected chi connectivity index (χ1v) is 14.6. The summed E-state index contributed by atoms with van der Waals surface area (Å²) in [6.45, 7) is 1.84. The highest BCUT2D eigenvalue weighted by molar-refractivity contribution is 6.06. The van der Waals surface area contributed by atoms with Crippen LogP contribution in [0.5, 0.6) is 5.75 Å². The summed E-state index contributed by atoms with van der Waals surface area (Å²) in [5.74, 6) is -0.0517. The molecular weight excluding hydrogens is 578 g/mol. The molecule has 8 rings (SSSR count). The van der Waals surface area contributed by atoms with Gasteiger partial charge in [-0.3, -0.25) is 4.79 Å². The zero-order valence-electron chi connectivity index (χ0n) is 24.1. The van der Waals surface area contributed by atoms with Crippen LogP contribution in [0.4, 0.5) is 14.5 Å². The minimum absolute atomic E-state index is 0.171. The SMILES string of the molecule is Cc1nn(-c2ccccn2)c2ncc(C(=O)Nc3ccc(F)c(-c4cn([C@@H]5CC6(CCC6)Oc6ccc(F)cc65)nn4)c3)cc12. The van der Waals surface area contributed by atoms with Gasteiger partial charge in [0, 0.05) is 41.0 Å². The summed E-state index contributed by atoms with van der Waals surface area (Å²) in [6, 6.07) is 15.7. The number of hydrogen-bond donors (Lipinski definition) is 1. The molecule has 1 saturated carbocycles. The number of nitrogens with zero attached hydrogens (tertiary/aromatic N) is 7. The van der Waals surface area contributed by atoms with Crippen LogP contribution in [-0.2, 0) is 0 Å². The van der Waals surface area contributed by atoms with Crippen molar-refractivity contribution in [3.05, 3.63) is 108 Å². The zero-order chi connectivity index (χ0) is 30.7. The van der Waals surface area contributed by atoms with Crippen molar-refractivity contribution in [3.63, 3.8) is 0 Å². The van der Waals surface area contributed by atoms with Crippen molar-refractivity contribution >= 4 is 22.6 Å². The molecule has 2 aromatic carbocycles. The van der Waals surface area contributed by atoms with Crippen molar-refractivity contribution in [2.75, 3.05) is 5.32 Å². The second kappa shape index (κ2) is 10.3. The standard InChI is InChI=1S/C33H26F2N8O2/c1-19-23-13-20(17-37-31(23)43(40-19)30-5-2-3-12-36-30)32(44)38-22-7-8-26(35)24(15-22)27-18-42(41-39-27)28-16-33(10-4-11-33)45-29-9-6-21(34)14-25(28)29/h2-3,5-9,12-15,17-18,28H,4,10-11,16H2,1H3,(H,38,44)/t28-/m1/s1. The number of rotatable bonds is 5. The number of benzene rings is 2. The molecule has 1 atom stereocenters. The number of amides is 1. The fourth-order valence-electron chi connectivity index (χ4n) is 6.19. The highest BCUT2D eigenvalue weighted by Crippen LogP contribution is 2.50. The number of carbonyl (C=O) groups excluding carboxylic acids is 1. The molecule has 1 spiro atoms. The maximum absolute atomic E-state index is 15.1. The number of fused-ring (bicyclic) bond motifs is 2. The molecule has 10 nitrogen and oxygen atoms in total. The highest BCUT2D eigenvalue weighted by Gasteiger charge is 2.46. The number of pyridine rings is 2. The van der Waals surface area contributed by atoms with E-state index < -0.39 is 11.7 Å². The number of halogens is 2. The molecule has 1 aliphatic carbocycles. The minimum atomic E-state index is -0.519. The second-order valence-electron chi connectivity index (χ2n) is 11.6. The molecule has 5 heterocycles. The lowest BCUT2D eigenvalue weighted by atomic mass is 9.73. The van der Waals surface area contributed by atoms with E-state index in [2.05, 4.69) is 30.7 Å². The van der Waals surface area contributed by atoms with Gasteiger partial charge in [0.2, 0.25) is 0 Å². The molecule has 224 valence electrons. The van der Waals surface area contributed by atoms with E-state index in [9.17, 15) is 9.18 Å². The van der Waals surface area contributed by atoms with E-state index in [1.807, 2.05) is 25.1 Å². The molecule has 1 fully saturated rings. The molecule has 12 heteroatoms. The Bertz CT molecular complexity index is 2110. The van der Waals surface area contributed by atoms with Gasteiger partial charge >= 0.3 is 0 Å². The maximum Gasteiger partial charge on any atom is 0.257 e. The van der Waals surface area contributed by atoms with Crippen LogP contribution in [0.25, 0.3) is 28.1 Å². The molecule has 0 bridgehead atoms. The van der Waals surface area contributed by atoms with Crippen molar-refractivity contribution in [3.8, 4) is 22.8 Å². The maximum atomic E-state index is 15.1. The Hall–Kier alpha value is -5.52. The van der Waals surface area contributed by atoms with E-state index >= 15 is 4.39 Å². The van der Waals surface area contributed by atoms with Crippen LogP contribution < -0.4 is 10.1 Å². The van der Waals surface area contributed by atoms with Crippen LogP contribution >= 0.6 is 0 Å². The number of ether oxygens (including phenoxy) is 1. The predicted molar refractivity (Wildman–Crippen MR) is 161 cm³/mol. The van der Waals surface area contributed by atoms with E-state index in [4.69, 9.17) is 4.74 Å². The van der Waals surface area contributed by atoms with Gasteiger partial charge in [0.15, 0.2) is 11.5 Å². The molecule has 6 aromatic rings. The van der Waals surface area contributed by atoms with E-state index in [-0.39, 0.29) is 28.7 Å². The molecular formula is C33H26F2N8O2. The Morgan fingerprint density at radius 1 is 1.07 bits per heavy atom. The highest BCUT2D eigenvalue weighted by atomic mass is 19.1.